The van der Waals surface area contributed by atoms with E-state index in [2.05, 4.69) is 0 Å². The van der Waals surface area contributed by atoms with E-state index in [9.17, 15) is 21.6 Å². The van der Waals surface area contributed by atoms with Crippen LogP contribution in [-0.4, -0.2) is 58.6 Å². The molecule has 128 valence electrons. The number of carbonyl (C=O) groups is 1. The molecule has 8 nitrogen and oxygen atoms in total. The third kappa shape index (κ3) is 3.55. The Morgan fingerprint density at radius 2 is 1.83 bits per heavy atom. The van der Waals surface area contributed by atoms with Crippen LogP contribution in [0.5, 0.6) is 0 Å². The maximum absolute atomic E-state index is 12.8. The van der Waals surface area contributed by atoms with Crippen LogP contribution in [0.15, 0.2) is 34.1 Å². The molecule has 0 radical (unpaired) electrons. The summed E-state index contributed by atoms with van der Waals surface area (Å²) in [5.41, 5.74) is 0. The van der Waals surface area contributed by atoms with Crippen molar-refractivity contribution in [3.8, 4) is 0 Å². The number of sulfonamides is 2. The first-order valence-electron chi connectivity index (χ1n) is 6.91. The Morgan fingerprint density at radius 1 is 1.22 bits per heavy atom. The molecule has 1 fully saturated rings. The van der Waals surface area contributed by atoms with E-state index in [4.69, 9.17) is 5.14 Å². The van der Waals surface area contributed by atoms with Gasteiger partial charge in [0.2, 0.25) is 26.0 Å². The molecule has 1 unspecified atom stereocenters. The number of rotatable bonds is 4. The van der Waals surface area contributed by atoms with E-state index in [1.165, 1.54) is 23.1 Å². The smallest absolute Gasteiger partial charge is 0.243 e. The second-order valence-electron chi connectivity index (χ2n) is 5.53. The van der Waals surface area contributed by atoms with Crippen molar-refractivity contribution in [3.63, 3.8) is 0 Å². The molecule has 0 aromatic heterocycles. The van der Waals surface area contributed by atoms with Gasteiger partial charge in [-0.1, -0.05) is 6.07 Å². The van der Waals surface area contributed by atoms with Gasteiger partial charge in [0.25, 0.3) is 0 Å². The molecule has 23 heavy (non-hydrogen) atoms. The lowest BCUT2D eigenvalue weighted by Crippen LogP contribution is -2.45. The minimum absolute atomic E-state index is 0.192. The highest BCUT2D eigenvalue weighted by molar-refractivity contribution is 7.90. The van der Waals surface area contributed by atoms with Gasteiger partial charge in [0, 0.05) is 20.6 Å². The molecule has 0 spiro atoms. The summed E-state index contributed by atoms with van der Waals surface area (Å²) in [6.45, 7) is 0.214. The summed E-state index contributed by atoms with van der Waals surface area (Å²) in [4.78, 5) is 13.0. The van der Waals surface area contributed by atoms with Gasteiger partial charge >= 0.3 is 0 Å². The standard InChI is InChI=1S/C13H19N3O5S2/c1-15(2)13(17)12-7-4-8-16(12)23(20,21)11-6-3-5-10(9-11)22(14,18)19/h3,5-6,9,12H,4,7-8H2,1-2H3,(H2,14,18,19). The van der Waals surface area contributed by atoms with E-state index in [-0.39, 0.29) is 22.2 Å². The zero-order valence-corrected chi connectivity index (χ0v) is 14.5. The van der Waals surface area contributed by atoms with Gasteiger partial charge in [-0.25, -0.2) is 22.0 Å². The zero-order valence-electron chi connectivity index (χ0n) is 12.8. The summed E-state index contributed by atoms with van der Waals surface area (Å²) in [5.74, 6) is -0.298. The Morgan fingerprint density at radius 3 is 2.39 bits per heavy atom. The van der Waals surface area contributed by atoms with Crippen molar-refractivity contribution in [1.29, 1.82) is 0 Å². The summed E-state index contributed by atoms with van der Waals surface area (Å²) in [5, 5.41) is 5.04. The molecule has 1 amide bonds. The SMILES string of the molecule is CN(C)C(=O)C1CCCN1S(=O)(=O)c1cccc(S(N)(=O)=O)c1. The number of hydrogen-bond acceptors (Lipinski definition) is 5. The maximum Gasteiger partial charge on any atom is 0.243 e. The fraction of sp³-hybridized carbons (Fsp3) is 0.462. The van der Waals surface area contributed by atoms with Gasteiger partial charge < -0.3 is 4.90 Å². The Labute approximate surface area is 136 Å². The van der Waals surface area contributed by atoms with Crippen molar-refractivity contribution in [3.05, 3.63) is 24.3 Å². The number of likely N-dealkylation sites (N-methyl/N-ethyl adjacent to an activating group) is 1. The van der Waals surface area contributed by atoms with Crippen LogP contribution in [0.3, 0.4) is 0 Å². The van der Waals surface area contributed by atoms with Crippen molar-refractivity contribution in [2.45, 2.75) is 28.7 Å². The van der Waals surface area contributed by atoms with Crippen LogP contribution in [-0.2, 0) is 24.8 Å². The molecule has 0 aliphatic carbocycles. The lowest BCUT2D eigenvalue weighted by atomic mass is 10.2. The summed E-state index contributed by atoms with van der Waals surface area (Å²) < 4.78 is 49.5. The number of nitrogens with two attached hydrogens (primary N) is 1. The Hall–Kier alpha value is -1.49. The topological polar surface area (TPSA) is 118 Å². The number of amides is 1. The third-order valence-electron chi connectivity index (χ3n) is 3.67. The van der Waals surface area contributed by atoms with Crippen molar-refractivity contribution in [2.75, 3.05) is 20.6 Å². The molecule has 1 atom stereocenters. The molecular formula is C13H19N3O5S2. The minimum atomic E-state index is -4.01. The van der Waals surface area contributed by atoms with E-state index in [0.717, 1.165) is 10.4 Å². The zero-order chi connectivity index (χ0) is 17.4. The second-order valence-corrected chi connectivity index (χ2v) is 8.98. The van der Waals surface area contributed by atoms with Crippen molar-refractivity contribution in [2.24, 2.45) is 5.14 Å². The maximum atomic E-state index is 12.8. The van der Waals surface area contributed by atoms with Gasteiger partial charge in [-0.3, -0.25) is 4.79 Å². The average Bonchev–Trinajstić information content (AvgIpc) is 2.95. The molecule has 2 N–H and O–H groups in total. The number of nitrogens with zero attached hydrogens (tertiary/aromatic N) is 2. The molecule has 1 heterocycles. The average molecular weight is 361 g/mol. The van der Waals surface area contributed by atoms with Gasteiger partial charge in [0.05, 0.1) is 9.79 Å². The van der Waals surface area contributed by atoms with Crippen molar-refractivity contribution in [1.82, 2.24) is 9.21 Å². The fourth-order valence-electron chi connectivity index (χ4n) is 2.52. The van der Waals surface area contributed by atoms with Gasteiger partial charge in [0.15, 0.2) is 0 Å². The van der Waals surface area contributed by atoms with Crippen LogP contribution < -0.4 is 5.14 Å². The molecule has 0 bridgehead atoms. The largest absolute Gasteiger partial charge is 0.347 e. The van der Waals surface area contributed by atoms with Crippen LogP contribution in [0.25, 0.3) is 0 Å². The van der Waals surface area contributed by atoms with Crippen LogP contribution in [0.4, 0.5) is 0 Å². The summed E-state index contributed by atoms with van der Waals surface area (Å²) in [6.07, 6.45) is 1.00. The highest BCUT2D eigenvalue weighted by Gasteiger charge is 2.40. The molecule has 2 rings (SSSR count). The fourth-order valence-corrected chi connectivity index (χ4v) is 4.85. The van der Waals surface area contributed by atoms with Crippen LogP contribution in [0.2, 0.25) is 0 Å². The first-order valence-corrected chi connectivity index (χ1v) is 9.89. The lowest BCUT2D eigenvalue weighted by Gasteiger charge is -2.25. The quantitative estimate of drug-likeness (QED) is 0.781. The number of carbonyl (C=O) groups excluding carboxylic acids is 1. The van der Waals surface area contributed by atoms with Crippen LogP contribution in [0.1, 0.15) is 12.8 Å². The normalized spacial score (nSPS) is 19.7. The lowest BCUT2D eigenvalue weighted by molar-refractivity contribution is -0.132. The number of hydrogen-bond donors (Lipinski definition) is 1. The van der Waals surface area contributed by atoms with Crippen molar-refractivity contribution >= 4 is 26.0 Å². The van der Waals surface area contributed by atoms with Crippen LogP contribution in [0, 0.1) is 0 Å². The molecule has 1 aromatic carbocycles. The summed E-state index contributed by atoms with van der Waals surface area (Å²) in [7, 11) is -4.87. The first kappa shape index (κ1) is 17.9. The molecule has 1 aromatic rings. The summed E-state index contributed by atoms with van der Waals surface area (Å²) >= 11 is 0. The van der Waals surface area contributed by atoms with Gasteiger partial charge in [-0.05, 0) is 31.0 Å². The molecular weight excluding hydrogens is 342 g/mol. The van der Waals surface area contributed by atoms with E-state index in [1.807, 2.05) is 0 Å². The second kappa shape index (κ2) is 6.19. The highest BCUT2D eigenvalue weighted by atomic mass is 32.2. The van der Waals surface area contributed by atoms with E-state index >= 15 is 0 Å². The molecule has 1 aliphatic rings. The van der Waals surface area contributed by atoms with Crippen LogP contribution >= 0.6 is 0 Å². The highest BCUT2D eigenvalue weighted by Crippen LogP contribution is 2.27. The summed E-state index contributed by atoms with van der Waals surface area (Å²) in [6, 6.07) is 4.07. The monoisotopic (exact) mass is 361 g/mol. The van der Waals surface area contributed by atoms with Gasteiger partial charge in [0.1, 0.15) is 6.04 Å². The third-order valence-corrected chi connectivity index (χ3v) is 6.49. The van der Waals surface area contributed by atoms with Gasteiger partial charge in [-0.15, -0.1) is 0 Å². The number of benzene rings is 1. The predicted molar refractivity (Wildman–Crippen MR) is 83.4 cm³/mol. The van der Waals surface area contributed by atoms with Gasteiger partial charge in [-0.2, -0.15) is 4.31 Å². The Kier molecular flexibility index (Phi) is 4.81. The van der Waals surface area contributed by atoms with E-state index < -0.39 is 26.1 Å². The first-order chi connectivity index (χ1) is 10.5. The predicted octanol–water partition coefficient (Wildman–Crippen LogP) is -0.425. The minimum Gasteiger partial charge on any atom is -0.347 e. The van der Waals surface area contributed by atoms with E-state index in [1.54, 1.807) is 14.1 Å². The molecule has 1 saturated heterocycles. The van der Waals surface area contributed by atoms with E-state index in [0.29, 0.717) is 12.8 Å². The Balaban J connectivity index is 2.44. The number of primary sulfonamides is 1. The molecule has 10 heteroatoms. The molecule has 0 saturated carbocycles. The molecule has 1 aliphatic heterocycles. The van der Waals surface area contributed by atoms with Crippen molar-refractivity contribution < 1.29 is 21.6 Å². The Bertz CT molecular complexity index is 818.